The van der Waals surface area contributed by atoms with Crippen LogP contribution >= 0.6 is 0 Å². The Morgan fingerprint density at radius 2 is 1.00 bits per heavy atom. The lowest BCUT2D eigenvalue weighted by molar-refractivity contribution is -0.724. The van der Waals surface area contributed by atoms with Crippen LogP contribution in [0, 0.1) is 0 Å². The van der Waals surface area contributed by atoms with E-state index in [9.17, 15) is 0 Å². The first kappa shape index (κ1) is 19.0. The lowest BCUT2D eigenvalue weighted by Gasteiger charge is -2.17. The Balaban J connectivity index is 1.60. The number of hydrogen-bond donors (Lipinski definition) is 0. The number of imidazole rings is 1. The second-order valence-electron chi connectivity index (χ2n) is 8.72. The average molecular weight is 346 g/mol. The summed E-state index contributed by atoms with van der Waals surface area (Å²) in [4.78, 5) is 0. The lowest BCUT2D eigenvalue weighted by Crippen LogP contribution is -2.37. The van der Waals surface area contributed by atoms with Crippen molar-refractivity contribution in [2.75, 3.05) is 0 Å². The summed E-state index contributed by atoms with van der Waals surface area (Å²) in [5.41, 5.74) is 0. The van der Waals surface area contributed by atoms with Crippen LogP contribution in [-0.2, 0) is 0 Å². The molecule has 1 heterocycles. The van der Waals surface area contributed by atoms with E-state index in [1.165, 1.54) is 116 Å². The van der Waals surface area contributed by atoms with Gasteiger partial charge in [0.15, 0.2) is 0 Å². The van der Waals surface area contributed by atoms with Crippen LogP contribution in [0.1, 0.15) is 128 Å². The molecule has 0 aliphatic heterocycles. The fourth-order valence-corrected chi connectivity index (χ4v) is 4.99. The van der Waals surface area contributed by atoms with Crippen molar-refractivity contribution in [3.05, 3.63) is 18.7 Å². The molecule has 25 heavy (non-hydrogen) atoms. The van der Waals surface area contributed by atoms with Gasteiger partial charge in [-0.05, 0) is 51.4 Å². The van der Waals surface area contributed by atoms with Crippen molar-refractivity contribution in [2.45, 2.75) is 128 Å². The molecule has 3 rings (SSSR count). The Morgan fingerprint density at radius 3 is 1.52 bits per heavy atom. The highest BCUT2D eigenvalue weighted by molar-refractivity contribution is 4.77. The zero-order chi connectivity index (χ0) is 17.2. The second kappa shape index (κ2) is 11.0. The summed E-state index contributed by atoms with van der Waals surface area (Å²) in [6.45, 7) is 0. The number of rotatable bonds is 2. The summed E-state index contributed by atoms with van der Waals surface area (Å²) in [5, 5.41) is 0. The molecule has 0 saturated heterocycles. The highest BCUT2D eigenvalue weighted by atomic mass is 15.1. The van der Waals surface area contributed by atoms with Crippen LogP contribution in [0.5, 0.6) is 0 Å². The first-order chi connectivity index (χ1) is 12.4. The predicted molar refractivity (Wildman–Crippen MR) is 106 cm³/mol. The number of aromatic nitrogens is 2. The van der Waals surface area contributed by atoms with Gasteiger partial charge in [-0.2, -0.15) is 0 Å². The van der Waals surface area contributed by atoms with E-state index in [4.69, 9.17) is 0 Å². The van der Waals surface area contributed by atoms with Crippen LogP contribution in [0.2, 0.25) is 0 Å². The molecule has 0 spiro atoms. The largest absolute Gasteiger partial charge is 0.244 e. The van der Waals surface area contributed by atoms with Gasteiger partial charge >= 0.3 is 0 Å². The molecule has 2 aliphatic carbocycles. The summed E-state index contributed by atoms with van der Waals surface area (Å²) in [6, 6.07) is 1.50. The van der Waals surface area contributed by atoms with Gasteiger partial charge in [0.1, 0.15) is 24.5 Å². The molecule has 1 aromatic heterocycles. The summed E-state index contributed by atoms with van der Waals surface area (Å²) in [7, 11) is 0. The first-order valence-electron chi connectivity index (χ1n) is 11.5. The third-order valence-corrected chi connectivity index (χ3v) is 6.67. The van der Waals surface area contributed by atoms with Crippen LogP contribution in [-0.4, -0.2) is 4.57 Å². The Labute approximate surface area is 156 Å². The van der Waals surface area contributed by atoms with Crippen molar-refractivity contribution >= 4 is 0 Å². The Hall–Kier alpha value is -0.790. The van der Waals surface area contributed by atoms with E-state index < -0.39 is 0 Å². The van der Waals surface area contributed by atoms with Crippen molar-refractivity contribution in [3.8, 4) is 0 Å². The molecular formula is C23H41N2+. The molecule has 1 aromatic rings. The quantitative estimate of drug-likeness (QED) is 0.515. The van der Waals surface area contributed by atoms with Crippen molar-refractivity contribution in [1.29, 1.82) is 0 Å². The minimum Gasteiger partial charge on any atom is -0.234 e. The standard InChI is InChI=1S/C23H41N2/c1-3-7-11-15-22(16-12-8-4-1)24-19-20-25(21-24)23-17-13-9-5-2-6-10-14-18-23/h19-23H,1-18H2/q+1. The smallest absolute Gasteiger partial charge is 0.234 e. The van der Waals surface area contributed by atoms with Crippen molar-refractivity contribution in [2.24, 2.45) is 0 Å². The maximum atomic E-state index is 2.57. The van der Waals surface area contributed by atoms with Gasteiger partial charge in [-0.3, -0.25) is 0 Å². The summed E-state index contributed by atoms with van der Waals surface area (Å²) >= 11 is 0. The topological polar surface area (TPSA) is 8.81 Å². The molecule has 0 N–H and O–H groups in total. The number of hydrogen-bond acceptors (Lipinski definition) is 0. The van der Waals surface area contributed by atoms with Gasteiger partial charge in [0, 0.05) is 0 Å². The van der Waals surface area contributed by atoms with Gasteiger partial charge in [-0.1, -0.05) is 64.2 Å². The van der Waals surface area contributed by atoms with Crippen LogP contribution in [0.15, 0.2) is 18.7 Å². The molecule has 2 heteroatoms. The van der Waals surface area contributed by atoms with Crippen LogP contribution in [0.25, 0.3) is 0 Å². The van der Waals surface area contributed by atoms with E-state index in [-0.39, 0.29) is 0 Å². The molecule has 0 amide bonds. The molecule has 2 aliphatic rings. The lowest BCUT2D eigenvalue weighted by atomic mass is 9.97. The van der Waals surface area contributed by atoms with Crippen molar-refractivity contribution in [3.63, 3.8) is 0 Å². The molecule has 2 fully saturated rings. The highest BCUT2D eigenvalue weighted by Crippen LogP contribution is 2.26. The first-order valence-corrected chi connectivity index (χ1v) is 11.5. The fourth-order valence-electron chi connectivity index (χ4n) is 4.99. The summed E-state index contributed by atoms with van der Waals surface area (Å²) in [5.74, 6) is 0. The summed E-state index contributed by atoms with van der Waals surface area (Å²) < 4.78 is 5.14. The Kier molecular flexibility index (Phi) is 8.38. The van der Waals surface area contributed by atoms with E-state index in [2.05, 4.69) is 27.9 Å². The maximum absolute atomic E-state index is 2.57. The monoisotopic (exact) mass is 345 g/mol. The Bertz CT molecular complexity index is 404. The van der Waals surface area contributed by atoms with Crippen LogP contribution in [0.3, 0.4) is 0 Å². The van der Waals surface area contributed by atoms with Crippen molar-refractivity contribution in [1.82, 2.24) is 4.57 Å². The van der Waals surface area contributed by atoms with Gasteiger partial charge in [0.05, 0.1) is 0 Å². The minimum absolute atomic E-state index is 0.749. The van der Waals surface area contributed by atoms with Gasteiger partial charge in [0.25, 0.3) is 0 Å². The minimum atomic E-state index is 0.749. The average Bonchev–Trinajstić information content (AvgIpc) is 3.14. The molecule has 2 nitrogen and oxygen atoms in total. The van der Waals surface area contributed by atoms with Crippen LogP contribution in [0.4, 0.5) is 0 Å². The summed E-state index contributed by atoms with van der Waals surface area (Å²) in [6.07, 6.45) is 33.0. The van der Waals surface area contributed by atoms with E-state index in [1.54, 1.807) is 0 Å². The molecule has 142 valence electrons. The number of nitrogens with zero attached hydrogens (tertiary/aromatic N) is 2. The molecule has 0 bridgehead atoms. The van der Waals surface area contributed by atoms with E-state index in [0.29, 0.717) is 0 Å². The normalized spacial score (nSPS) is 24.0. The molecular weight excluding hydrogens is 304 g/mol. The zero-order valence-corrected chi connectivity index (χ0v) is 16.5. The third-order valence-electron chi connectivity index (χ3n) is 6.67. The van der Waals surface area contributed by atoms with Gasteiger partial charge in [0.2, 0.25) is 6.33 Å². The van der Waals surface area contributed by atoms with Gasteiger partial charge < -0.3 is 0 Å². The fraction of sp³-hybridized carbons (Fsp3) is 0.870. The van der Waals surface area contributed by atoms with Gasteiger partial charge in [-0.15, -0.1) is 0 Å². The second-order valence-corrected chi connectivity index (χ2v) is 8.72. The maximum Gasteiger partial charge on any atom is 0.244 e. The molecule has 0 radical (unpaired) electrons. The van der Waals surface area contributed by atoms with Crippen LogP contribution < -0.4 is 4.57 Å². The third kappa shape index (κ3) is 6.46. The van der Waals surface area contributed by atoms with E-state index in [1.807, 2.05) is 0 Å². The van der Waals surface area contributed by atoms with E-state index in [0.717, 1.165) is 12.1 Å². The molecule has 0 atom stereocenters. The molecule has 0 unspecified atom stereocenters. The Morgan fingerprint density at radius 1 is 0.560 bits per heavy atom. The van der Waals surface area contributed by atoms with Crippen molar-refractivity contribution < 1.29 is 4.57 Å². The van der Waals surface area contributed by atoms with E-state index >= 15 is 0 Å². The molecule has 2 saturated carbocycles. The zero-order valence-electron chi connectivity index (χ0n) is 16.5. The highest BCUT2D eigenvalue weighted by Gasteiger charge is 2.21. The SMILES string of the molecule is c1c[n+](C2CCCCCCCCC2)cn1C1CCCCCCCCC1. The van der Waals surface area contributed by atoms with Gasteiger partial charge in [-0.25, -0.2) is 9.13 Å². The predicted octanol–water partition coefficient (Wildman–Crippen LogP) is 6.91. The molecule has 0 aromatic carbocycles.